The molecule has 0 N–H and O–H groups in total. The third-order valence-electron chi connectivity index (χ3n) is 6.88. The molecule has 0 aliphatic heterocycles. The molecular formula is C32H23NO2. The smallest absolute Gasteiger partial charge is 0.143 e. The van der Waals surface area contributed by atoms with Gasteiger partial charge < -0.3 is 8.83 Å². The first-order valence-corrected chi connectivity index (χ1v) is 12.0. The predicted octanol–water partition coefficient (Wildman–Crippen LogP) is 9.34. The summed E-state index contributed by atoms with van der Waals surface area (Å²) in [5, 5.41) is 4.50. The Bertz CT molecular complexity index is 1780. The molecule has 3 heterocycles. The van der Waals surface area contributed by atoms with Crippen molar-refractivity contribution in [1.82, 2.24) is 4.98 Å². The number of nitrogens with zero attached hydrogens (tertiary/aromatic N) is 1. The minimum atomic E-state index is 0.229. The highest BCUT2D eigenvalue weighted by Crippen LogP contribution is 2.49. The van der Waals surface area contributed by atoms with E-state index in [-0.39, 0.29) is 5.92 Å². The Hall–Kier alpha value is -4.37. The van der Waals surface area contributed by atoms with Crippen molar-refractivity contribution in [3.05, 3.63) is 103 Å². The number of hydrogen-bond acceptors (Lipinski definition) is 3. The van der Waals surface area contributed by atoms with E-state index in [0.717, 1.165) is 71.8 Å². The highest BCUT2D eigenvalue weighted by molar-refractivity contribution is 6.26. The highest BCUT2D eigenvalue weighted by Gasteiger charge is 2.26. The fourth-order valence-corrected chi connectivity index (χ4v) is 5.36. The molecule has 3 heteroatoms. The van der Waals surface area contributed by atoms with E-state index in [1.54, 1.807) is 0 Å². The minimum Gasteiger partial charge on any atom is -0.456 e. The van der Waals surface area contributed by atoms with Gasteiger partial charge in [-0.1, -0.05) is 80.6 Å². The lowest BCUT2D eigenvalue weighted by atomic mass is 9.89. The average Bonchev–Trinajstić information content (AvgIpc) is 3.46. The summed E-state index contributed by atoms with van der Waals surface area (Å²) in [4.78, 5) is 4.69. The van der Waals surface area contributed by atoms with Crippen LogP contribution in [-0.4, -0.2) is 4.98 Å². The Morgan fingerprint density at radius 2 is 1.20 bits per heavy atom. The Morgan fingerprint density at radius 1 is 0.629 bits per heavy atom. The van der Waals surface area contributed by atoms with Gasteiger partial charge in [0.15, 0.2) is 0 Å². The molecule has 3 aromatic heterocycles. The van der Waals surface area contributed by atoms with Gasteiger partial charge in [-0.3, -0.25) is 4.98 Å². The van der Waals surface area contributed by atoms with Crippen LogP contribution in [0.25, 0.3) is 66.3 Å². The number of pyridine rings is 1. The molecule has 0 radical (unpaired) electrons. The van der Waals surface area contributed by atoms with E-state index in [1.807, 2.05) is 48.7 Å². The van der Waals surface area contributed by atoms with Crippen molar-refractivity contribution >= 4 is 43.9 Å². The largest absolute Gasteiger partial charge is 0.456 e. The predicted molar refractivity (Wildman–Crippen MR) is 144 cm³/mol. The number of rotatable bonds is 3. The van der Waals surface area contributed by atoms with Crippen LogP contribution in [0.5, 0.6) is 0 Å². The van der Waals surface area contributed by atoms with E-state index in [1.165, 1.54) is 0 Å². The molecule has 0 saturated carbocycles. The maximum atomic E-state index is 6.55. The van der Waals surface area contributed by atoms with Gasteiger partial charge in [-0.25, -0.2) is 0 Å². The Kier molecular flexibility index (Phi) is 4.34. The highest BCUT2D eigenvalue weighted by atomic mass is 16.3. The van der Waals surface area contributed by atoms with Crippen molar-refractivity contribution in [1.29, 1.82) is 0 Å². The van der Waals surface area contributed by atoms with Gasteiger partial charge in [-0.2, -0.15) is 0 Å². The fraction of sp³-hybridized carbons (Fsp3) is 0.0938. The monoisotopic (exact) mass is 453 g/mol. The van der Waals surface area contributed by atoms with Crippen molar-refractivity contribution in [2.45, 2.75) is 19.8 Å². The zero-order valence-corrected chi connectivity index (χ0v) is 19.6. The van der Waals surface area contributed by atoms with Gasteiger partial charge in [0.25, 0.3) is 0 Å². The first-order chi connectivity index (χ1) is 17.2. The van der Waals surface area contributed by atoms with Crippen molar-refractivity contribution in [3.8, 4) is 22.4 Å². The summed E-state index contributed by atoms with van der Waals surface area (Å²) in [7, 11) is 0. The SMILES string of the molecule is CC(C)c1c2oc3ccccc3c2c(-c2ccnc(-c3ccccc3)c2)c2c1oc1ccccc12. The van der Waals surface area contributed by atoms with Gasteiger partial charge in [-0.05, 0) is 35.7 Å². The molecule has 0 fully saturated rings. The Balaban J connectivity index is 1.71. The summed E-state index contributed by atoms with van der Waals surface area (Å²) in [5.74, 6) is 0.229. The number of fused-ring (bicyclic) bond motifs is 6. The number of benzene rings is 4. The summed E-state index contributed by atoms with van der Waals surface area (Å²) in [6, 6.07) is 31.2. The number of hydrogen-bond donors (Lipinski definition) is 0. The van der Waals surface area contributed by atoms with Crippen LogP contribution in [0, 0.1) is 0 Å². The Labute approximate surface area is 202 Å². The molecule has 0 saturated heterocycles. The minimum absolute atomic E-state index is 0.229. The van der Waals surface area contributed by atoms with Gasteiger partial charge >= 0.3 is 0 Å². The zero-order valence-electron chi connectivity index (χ0n) is 19.6. The van der Waals surface area contributed by atoms with Gasteiger partial charge in [0.05, 0.1) is 5.69 Å². The fourth-order valence-electron chi connectivity index (χ4n) is 5.36. The van der Waals surface area contributed by atoms with Crippen LogP contribution in [-0.2, 0) is 0 Å². The second-order valence-corrected chi connectivity index (χ2v) is 9.34. The van der Waals surface area contributed by atoms with Crippen LogP contribution in [0.2, 0.25) is 0 Å². The van der Waals surface area contributed by atoms with Crippen LogP contribution in [0.3, 0.4) is 0 Å². The van der Waals surface area contributed by atoms with Crippen LogP contribution in [0.1, 0.15) is 25.3 Å². The summed E-state index contributed by atoms with van der Waals surface area (Å²) in [5.41, 5.74) is 8.97. The molecule has 0 bridgehead atoms. The quantitative estimate of drug-likeness (QED) is 0.267. The van der Waals surface area contributed by atoms with Crippen molar-refractivity contribution in [3.63, 3.8) is 0 Å². The molecule has 0 unspecified atom stereocenters. The van der Waals surface area contributed by atoms with Gasteiger partial charge in [0.1, 0.15) is 22.3 Å². The molecule has 7 rings (SSSR count). The first kappa shape index (κ1) is 20.0. The first-order valence-electron chi connectivity index (χ1n) is 12.0. The normalized spacial score (nSPS) is 12.0. The van der Waals surface area contributed by atoms with Crippen LogP contribution in [0.4, 0.5) is 0 Å². The van der Waals surface area contributed by atoms with Crippen LogP contribution in [0.15, 0.2) is 106 Å². The summed E-state index contributed by atoms with van der Waals surface area (Å²) < 4.78 is 13.1. The molecule has 0 atom stereocenters. The van der Waals surface area contributed by atoms with Gasteiger partial charge in [-0.15, -0.1) is 0 Å². The van der Waals surface area contributed by atoms with Crippen molar-refractivity contribution in [2.75, 3.05) is 0 Å². The zero-order chi connectivity index (χ0) is 23.5. The van der Waals surface area contributed by atoms with Gasteiger partial charge in [0.2, 0.25) is 0 Å². The lowest BCUT2D eigenvalue weighted by molar-refractivity contribution is 0.637. The molecule has 7 aromatic rings. The summed E-state index contributed by atoms with van der Waals surface area (Å²) in [6.45, 7) is 4.41. The third-order valence-corrected chi connectivity index (χ3v) is 6.88. The lowest BCUT2D eigenvalue weighted by Gasteiger charge is -2.13. The molecular weight excluding hydrogens is 430 g/mol. The van der Waals surface area contributed by atoms with Crippen molar-refractivity contribution in [2.24, 2.45) is 0 Å². The maximum Gasteiger partial charge on any atom is 0.143 e. The summed E-state index contributed by atoms with van der Waals surface area (Å²) >= 11 is 0. The molecule has 3 nitrogen and oxygen atoms in total. The standard InChI is InChI=1S/C32H23NO2/c1-19(2)27-31-29(22-12-6-8-14-25(22)34-31)28(30-23-13-7-9-15-26(23)35-32(27)30)21-16-17-33-24(18-21)20-10-4-3-5-11-20/h3-19H,1-2H3. The van der Waals surface area contributed by atoms with Crippen LogP contribution < -0.4 is 0 Å². The second kappa shape index (κ2) is 7.57. The van der Waals surface area contributed by atoms with E-state index < -0.39 is 0 Å². The van der Waals surface area contributed by atoms with E-state index in [2.05, 4.69) is 62.4 Å². The molecule has 168 valence electrons. The number of para-hydroxylation sites is 2. The van der Waals surface area contributed by atoms with Crippen molar-refractivity contribution < 1.29 is 8.83 Å². The van der Waals surface area contributed by atoms with E-state index >= 15 is 0 Å². The Morgan fingerprint density at radius 3 is 1.80 bits per heavy atom. The van der Waals surface area contributed by atoms with E-state index in [9.17, 15) is 0 Å². The average molecular weight is 454 g/mol. The molecule has 4 aromatic carbocycles. The van der Waals surface area contributed by atoms with E-state index in [0.29, 0.717) is 0 Å². The van der Waals surface area contributed by atoms with Gasteiger partial charge in [0, 0.05) is 44.4 Å². The summed E-state index contributed by atoms with van der Waals surface area (Å²) in [6.07, 6.45) is 1.90. The second-order valence-electron chi connectivity index (χ2n) is 9.34. The number of aromatic nitrogens is 1. The molecule has 0 spiro atoms. The van der Waals surface area contributed by atoms with Crippen LogP contribution >= 0.6 is 0 Å². The lowest BCUT2D eigenvalue weighted by Crippen LogP contribution is -1.93. The number of furan rings is 2. The molecule has 0 aliphatic rings. The third kappa shape index (κ3) is 2.95. The van der Waals surface area contributed by atoms with E-state index in [4.69, 9.17) is 13.8 Å². The molecule has 0 amide bonds. The molecule has 0 aliphatic carbocycles. The molecule has 35 heavy (non-hydrogen) atoms. The topological polar surface area (TPSA) is 39.2 Å². The maximum absolute atomic E-state index is 6.55.